The van der Waals surface area contributed by atoms with E-state index >= 15 is 0 Å². The lowest BCUT2D eigenvalue weighted by atomic mass is 9.39. The van der Waals surface area contributed by atoms with Gasteiger partial charge in [0.25, 0.3) is 0 Å². The van der Waals surface area contributed by atoms with Gasteiger partial charge >= 0.3 is 11.9 Å². The second kappa shape index (κ2) is 3.82. The molecule has 8 unspecified atom stereocenters. The number of ketones is 2. The minimum absolute atomic E-state index is 0.0213. The molecule has 0 saturated heterocycles. The van der Waals surface area contributed by atoms with E-state index in [9.17, 15) is 24.3 Å². The molecular formula is C18H20O7. The van der Waals surface area contributed by atoms with Crippen molar-refractivity contribution in [2.45, 2.75) is 31.8 Å². The number of hydrogen-bond donors (Lipinski definition) is 1. The molecule has 8 atom stereocenters. The van der Waals surface area contributed by atoms with Crippen molar-refractivity contribution < 1.29 is 33.8 Å². The third-order valence-electron chi connectivity index (χ3n) is 8.65. The summed E-state index contributed by atoms with van der Waals surface area (Å²) in [4.78, 5) is 50.8. The van der Waals surface area contributed by atoms with E-state index in [-0.39, 0.29) is 30.8 Å². The maximum atomic E-state index is 13.0. The zero-order valence-corrected chi connectivity index (χ0v) is 14.3. The zero-order valence-electron chi connectivity index (χ0n) is 14.3. The topological polar surface area (TPSA) is 107 Å². The van der Waals surface area contributed by atoms with Gasteiger partial charge in [-0.05, 0) is 17.8 Å². The first kappa shape index (κ1) is 15.5. The number of Topliss-reactive ketones (excluding diaryl/α,β-unsaturated/α-hetero) is 2. The van der Waals surface area contributed by atoms with Crippen molar-refractivity contribution >= 4 is 23.5 Å². The van der Waals surface area contributed by atoms with Crippen LogP contribution in [-0.4, -0.2) is 48.4 Å². The SMILES string of the molecule is COC(=O)C12C3CC(=O)CC3C3(C(=O)OC)C4(C)C1CC(=O)C4C23O. The molecule has 6 bridgehead atoms. The lowest BCUT2D eigenvalue weighted by Gasteiger charge is -2.63. The zero-order chi connectivity index (χ0) is 18.2. The molecule has 0 aromatic rings. The van der Waals surface area contributed by atoms with Crippen molar-refractivity contribution in [2.75, 3.05) is 14.2 Å². The molecule has 0 spiro atoms. The van der Waals surface area contributed by atoms with Crippen LogP contribution >= 0.6 is 0 Å². The van der Waals surface area contributed by atoms with Crippen LogP contribution in [-0.2, 0) is 28.7 Å². The molecule has 7 heteroatoms. The molecular weight excluding hydrogens is 328 g/mol. The minimum Gasteiger partial charge on any atom is -0.468 e. The number of carbonyl (C=O) groups excluding carboxylic acids is 4. The van der Waals surface area contributed by atoms with E-state index in [4.69, 9.17) is 9.47 Å². The number of carbonyl (C=O) groups is 4. The molecule has 6 saturated carbocycles. The van der Waals surface area contributed by atoms with Gasteiger partial charge in [-0.3, -0.25) is 19.2 Å². The van der Waals surface area contributed by atoms with E-state index in [1.165, 1.54) is 14.2 Å². The summed E-state index contributed by atoms with van der Waals surface area (Å²) in [5.41, 5.74) is -5.45. The van der Waals surface area contributed by atoms with Gasteiger partial charge in [-0.2, -0.15) is 0 Å². The lowest BCUT2D eigenvalue weighted by molar-refractivity contribution is -0.267. The van der Waals surface area contributed by atoms with E-state index < -0.39 is 57.5 Å². The van der Waals surface area contributed by atoms with Crippen LogP contribution in [0.2, 0.25) is 0 Å². The highest BCUT2D eigenvalue weighted by Crippen LogP contribution is 2.97. The van der Waals surface area contributed by atoms with Gasteiger partial charge in [0.15, 0.2) is 0 Å². The first-order valence-electron chi connectivity index (χ1n) is 8.65. The smallest absolute Gasteiger partial charge is 0.315 e. The Labute approximate surface area is 144 Å². The highest BCUT2D eigenvalue weighted by Gasteiger charge is 3.07. The number of esters is 2. The average molecular weight is 348 g/mol. The van der Waals surface area contributed by atoms with Crippen LogP contribution in [0, 0.1) is 39.9 Å². The Kier molecular flexibility index (Phi) is 2.37. The molecule has 7 nitrogen and oxygen atoms in total. The predicted octanol–water partition coefficient (Wildman–Crippen LogP) is -0.116. The van der Waals surface area contributed by atoms with Crippen molar-refractivity contribution in [3.05, 3.63) is 0 Å². The minimum atomic E-state index is -1.81. The van der Waals surface area contributed by atoms with Gasteiger partial charge in [0.05, 0.1) is 20.1 Å². The highest BCUT2D eigenvalue weighted by molar-refractivity contribution is 6.05. The summed E-state index contributed by atoms with van der Waals surface area (Å²) >= 11 is 0. The standard InChI is InChI=1S/C18H20O7/c1-15-11-6-10(20)12(15)18(23)16(11,13(21)24-2)8-4-7(19)5-9(8)17(15,18)14(22)25-3/h8-9,11-12,23H,4-6H2,1-3H3. The van der Waals surface area contributed by atoms with E-state index in [2.05, 4.69) is 0 Å². The van der Waals surface area contributed by atoms with Gasteiger partial charge in [-0.1, -0.05) is 6.92 Å². The van der Waals surface area contributed by atoms with Crippen molar-refractivity contribution in [2.24, 2.45) is 39.9 Å². The summed E-state index contributed by atoms with van der Waals surface area (Å²) in [7, 11) is 2.49. The van der Waals surface area contributed by atoms with E-state index in [0.717, 1.165) is 0 Å². The molecule has 0 amide bonds. The van der Waals surface area contributed by atoms with Crippen molar-refractivity contribution in [3.8, 4) is 0 Å². The first-order valence-corrected chi connectivity index (χ1v) is 8.65. The first-order chi connectivity index (χ1) is 11.7. The quantitative estimate of drug-likeness (QED) is 0.694. The molecule has 6 aliphatic rings. The Morgan fingerprint density at radius 1 is 1.04 bits per heavy atom. The van der Waals surface area contributed by atoms with Crippen LogP contribution in [0.1, 0.15) is 26.2 Å². The van der Waals surface area contributed by atoms with Crippen LogP contribution in [0.15, 0.2) is 0 Å². The van der Waals surface area contributed by atoms with Gasteiger partial charge in [-0.25, -0.2) is 0 Å². The van der Waals surface area contributed by atoms with Gasteiger partial charge in [0.1, 0.15) is 28.0 Å². The summed E-state index contributed by atoms with van der Waals surface area (Å²) in [6, 6.07) is 0. The molecule has 25 heavy (non-hydrogen) atoms. The number of fused-ring (bicyclic) bond motifs is 1. The van der Waals surface area contributed by atoms with Crippen LogP contribution in [0.25, 0.3) is 0 Å². The summed E-state index contributed by atoms with van der Waals surface area (Å²) in [5.74, 6) is -3.58. The number of rotatable bonds is 2. The summed E-state index contributed by atoms with van der Waals surface area (Å²) in [6.07, 6.45) is 0.396. The molecule has 0 aromatic heterocycles. The van der Waals surface area contributed by atoms with Crippen LogP contribution in [0.5, 0.6) is 0 Å². The second-order valence-corrected chi connectivity index (χ2v) is 8.53. The van der Waals surface area contributed by atoms with E-state index in [0.29, 0.717) is 0 Å². The molecule has 134 valence electrons. The fraction of sp³-hybridized carbons (Fsp3) is 0.778. The monoisotopic (exact) mass is 348 g/mol. The van der Waals surface area contributed by atoms with Crippen molar-refractivity contribution in [3.63, 3.8) is 0 Å². The maximum Gasteiger partial charge on any atom is 0.315 e. The molecule has 1 N–H and O–H groups in total. The van der Waals surface area contributed by atoms with Crippen LogP contribution < -0.4 is 0 Å². The van der Waals surface area contributed by atoms with E-state index in [1.54, 1.807) is 0 Å². The van der Waals surface area contributed by atoms with Crippen molar-refractivity contribution in [1.29, 1.82) is 0 Å². The summed E-state index contributed by atoms with van der Waals surface area (Å²) in [5, 5.41) is 11.8. The Morgan fingerprint density at radius 3 is 2.24 bits per heavy atom. The second-order valence-electron chi connectivity index (χ2n) is 8.53. The molecule has 6 rings (SSSR count). The van der Waals surface area contributed by atoms with Gasteiger partial charge < -0.3 is 14.6 Å². The van der Waals surface area contributed by atoms with Crippen molar-refractivity contribution in [1.82, 2.24) is 0 Å². The Morgan fingerprint density at radius 2 is 1.64 bits per heavy atom. The molecule has 0 heterocycles. The molecule has 0 aliphatic heterocycles. The molecule has 6 aliphatic carbocycles. The van der Waals surface area contributed by atoms with Gasteiger partial charge in [0, 0.05) is 24.7 Å². The normalized spacial score (nSPS) is 56.6. The lowest BCUT2D eigenvalue weighted by Crippen LogP contribution is -2.76. The molecule has 0 radical (unpaired) electrons. The summed E-state index contributed by atoms with van der Waals surface area (Å²) in [6.45, 7) is 1.81. The van der Waals surface area contributed by atoms with Crippen LogP contribution in [0.4, 0.5) is 0 Å². The number of ether oxygens (including phenoxy) is 2. The van der Waals surface area contributed by atoms with E-state index in [1.807, 2.05) is 6.92 Å². The molecule has 6 fully saturated rings. The highest BCUT2D eigenvalue weighted by atomic mass is 16.5. The Balaban J connectivity index is 1.87. The number of hydrogen-bond acceptors (Lipinski definition) is 7. The number of aliphatic hydroxyl groups is 1. The van der Waals surface area contributed by atoms with Crippen LogP contribution in [0.3, 0.4) is 0 Å². The molecule has 0 aromatic carbocycles. The number of methoxy groups -OCH3 is 2. The largest absolute Gasteiger partial charge is 0.468 e. The Bertz CT molecular complexity index is 752. The summed E-state index contributed by atoms with van der Waals surface area (Å²) < 4.78 is 10.2. The third kappa shape index (κ3) is 0.964. The fourth-order valence-electron chi connectivity index (χ4n) is 8.58. The third-order valence-corrected chi connectivity index (χ3v) is 8.65. The van der Waals surface area contributed by atoms with Gasteiger partial charge in [0.2, 0.25) is 0 Å². The maximum absolute atomic E-state index is 13.0. The van der Waals surface area contributed by atoms with Gasteiger partial charge in [-0.15, -0.1) is 0 Å². The fourth-order valence-corrected chi connectivity index (χ4v) is 8.58. The Hall–Kier alpha value is -1.76. The average Bonchev–Trinajstić information content (AvgIpc) is 3.18. The predicted molar refractivity (Wildman–Crippen MR) is 79.8 cm³/mol.